The van der Waals surface area contributed by atoms with Gasteiger partial charge in [-0.1, -0.05) is 39.5 Å². The summed E-state index contributed by atoms with van der Waals surface area (Å²) in [7, 11) is 0. The normalized spacial score (nSPS) is 18.6. The van der Waals surface area contributed by atoms with Crippen molar-refractivity contribution in [2.75, 3.05) is 11.9 Å². The maximum Gasteiger partial charge on any atom is 0.0376 e. The molecule has 1 heteroatoms. The number of fused-ring (bicyclic) bond motifs is 1. The van der Waals surface area contributed by atoms with E-state index < -0.39 is 0 Å². The van der Waals surface area contributed by atoms with Crippen molar-refractivity contribution < 1.29 is 0 Å². The molecule has 1 unspecified atom stereocenters. The molecule has 1 aromatic rings. The number of rotatable bonds is 2. The van der Waals surface area contributed by atoms with Crippen molar-refractivity contribution in [2.24, 2.45) is 5.92 Å². The zero-order valence-corrected chi connectivity index (χ0v) is 8.38. The Balaban J connectivity index is 0.000000980. The molecule has 14 heavy (non-hydrogen) atoms. The predicted octanol–water partition coefficient (Wildman–Crippen LogP) is 3.88. The van der Waals surface area contributed by atoms with E-state index in [2.05, 4.69) is 43.4 Å². The molecule has 0 radical (unpaired) electrons. The van der Waals surface area contributed by atoms with Gasteiger partial charge in [-0.15, -0.1) is 0 Å². The smallest absolute Gasteiger partial charge is 0.0376 e. The first-order chi connectivity index (χ1) is 6.27. The maximum atomic E-state index is 3.46. The van der Waals surface area contributed by atoms with E-state index in [1.165, 1.54) is 17.7 Å². The molecule has 0 bridgehead atoms. The summed E-state index contributed by atoms with van der Waals surface area (Å²) in [6, 6.07) is 8.67. The number of nitrogens with one attached hydrogen (secondary N) is 1. The Hall–Kier alpha value is -0.980. The molecule has 0 saturated carbocycles. The van der Waals surface area contributed by atoms with Crippen molar-refractivity contribution >= 4 is 5.69 Å². The lowest BCUT2D eigenvalue weighted by Gasteiger charge is -2.12. The van der Waals surface area contributed by atoms with Gasteiger partial charge in [0, 0.05) is 18.2 Å². The molecule has 0 amide bonds. The average Bonchev–Trinajstić information content (AvgIpc) is 2.48. The Morgan fingerprint density at radius 3 is 2.79 bits per heavy atom. The van der Waals surface area contributed by atoms with Gasteiger partial charge in [0.25, 0.3) is 0 Å². The zero-order valence-electron chi connectivity index (χ0n) is 8.38. The minimum atomic E-state index is 0. The van der Waals surface area contributed by atoms with Gasteiger partial charge in [-0.2, -0.15) is 0 Å². The Labute approximate surface area is 87.5 Å². The van der Waals surface area contributed by atoms with Crippen LogP contribution in [0.2, 0.25) is 0 Å². The van der Waals surface area contributed by atoms with E-state index in [0.29, 0.717) is 0 Å². The quantitative estimate of drug-likeness (QED) is 0.748. The second-order valence-electron chi connectivity index (χ2n) is 4.29. The Bertz CT molecular complexity index is 291. The van der Waals surface area contributed by atoms with E-state index in [-0.39, 0.29) is 7.43 Å². The van der Waals surface area contributed by atoms with Crippen LogP contribution in [0.25, 0.3) is 0 Å². The zero-order chi connectivity index (χ0) is 9.26. The molecule has 1 heterocycles. The summed E-state index contributed by atoms with van der Waals surface area (Å²) in [6.45, 7) is 5.71. The molecule has 1 nitrogen and oxygen atoms in total. The first-order valence-corrected chi connectivity index (χ1v) is 5.10. The van der Waals surface area contributed by atoms with E-state index >= 15 is 0 Å². The second-order valence-corrected chi connectivity index (χ2v) is 4.29. The molecule has 0 aliphatic carbocycles. The molecule has 1 aromatic carbocycles. The van der Waals surface area contributed by atoms with E-state index in [1.54, 1.807) is 0 Å². The summed E-state index contributed by atoms with van der Waals surface area (Å²) in [5, 5.41) is 3.46. The first-order valence-electron chi connectivity index (χ1n) is 5.10. The fraction of sp³-hybridized carbons (Fsp3) is 0.538. The molecule has 2 rings (SSSR count). The molecular formula is C13H21N. The molecule has 0 aromatic heterocycles. The topological polar surface area (TPSA) is 12.0 Å². The largest absolute Gasteiger partial charge is 0.384 e. The summed E-state index contributed by atoms with van der Waals surface area (Å²) in [5.74, 6) is 1.52. The van der Waals surface area contributed by atoms with Crippen LogP contribution in [-0.4, -0.2) is 6.54 Å². The van der Waals surface area contributed by atoms with Crippen LogP contribution in [0.5, 0.6) is 0 Å². The van der Waals surface area contributed by atoms with E-state index in [4.69, 9.17) is 0 Å². The van der Waals surface area contributed by atoms with Crippen molar-refractivity contribution in [2.45, 2.75) is 33.6 Å². The highest BCUT2D eigenvalue weighted by Gasteiger charge is 2.21. The van der Waals surface area contributed by atoms with Crippen molar-refractivity contribution in [3.8, 4) is 0 Å². The summed E-state index contributed by atoms with van der Waals surface area (Å²) in [6.07, 6.45) is 1.30. The average molecular weight is 191 g/mol. The molecule has 0 saturated heterocycles. The predicted molar refractivity (Wildman–Crippen MR) is 63.9 cm³/mol. The van der Waals surface area contributed by atoms with Crippen LogP contribution in [0.1, 0.15) is 39.2 Å². The Morgan fingerprint density at radius 2 is 2.07 bits per heavy atom. The molecule has 0 fully saturated rings. The van der Waals surface area contributed by atoms with Crippen molar-refractivity contribution in [3.05, 3.63) is 29.8 Å². The van der Waals surface area contributed by atoms with Gasteiger partial charge in [-0.25, -0.2) is 0 Å². The SMILES string of the molecule is C.CC(C)CC1CNc2ccccc21. The number of para-hydroxylation sites is 1. The van der Waals surface area contributed by atoms with Crippen molar-refractivity contribution in [3.63, 3.8) is 0 Å². The van der Waals surface area contributed by atoms with E-state index in [1.807, 2.05) is 0 Å². The molecular weight excluding hydrogens is 170 g/mol. The van der Waals surface area contributed by atoms with Gasteiger partial charge in [0.1, 0.15) is 0 Å². The number of hydrogen-bond donors (Lipinski definition) is 1. The van der Waals surface area contributed by atoms with Gasteiger partial charge in [-0.3, -0.25) is 0 Å². The lowest BCUT2D eigenvalue weighted by molar-refractivity contribution is 0.522. The van der Waals surface area contributed by atoms with Crippen LogP contribution in [-0.2, 0) is 0 Å². The fourth-order valence-corrected chi connectivity index (χ4v) is 2.14. The van der Waals surface area contributed by atoms with Crippen LogP contribution in [0, 0.1) is 5.92 Å². The number of hydrogen-bond acceptors (Lipinski definition) is 1. The Kier molecular flexibility index (Phi) is 3.56. The first kappa shape index (κ1) is 11.1. The third-order valence-corrected chi connectivity index (χ3v) is 2.70. The van der Waals surface area contributed by atoms with E-state index in [0.717, 1.165) is 18.4 Å². The lowest BCUT2D eigenvalue weighted by atomic mass is 9.92. The van der Waals surface area contributed by atoms with Gasteiger partial charge in [0.15, 0.2) is 0 Å². The summed E-state index contributed by atoms with van der Waals surface area (Å²) in [5.41, 5.74) is 2.85. The van der Waals surface area contributed by atoms with Crippen molar-refractivity contribution in [1.82, 2.24) is 0 Å². The minimum absolute atomic E-state index is 0. The summed E-state index contributed by atoms with van der Waals surface area (Å²) >= 11 is 0. The van der Waals surface area contributed by atoms with Crippen molar-refractivity contribution in [1.29, 1.82) is 0 Å². The molecule has 1 aliphatic rings. The third kappa shape index (κ3) is 2.09. The monoisotopic (exact) mass is 191 g/mol. The van der Waals surface area contributed by atoms with Crippen LogP contribution in [0.4, 0.5) is 5.69 Å². The third-order valence-electron chi connectivity index (χ3n) is 2.70. The van der Waals surface area contributed by atoms with Gasteiger partial charge in [0.2, 0.25) is 0 Å². The van der Waals surface area contributed by atoms with Crippen LogP contribution >= 0.6 is 0 Å². The lowest BCUT2D eigenvalue weighted by Crippen LogP contribution is -2.05. The molecule has 1 aliphatic heterocycles. The van der Waals surface area contributed by atoms with Gasteiger partial charge < -0.3 is 5.32 Å². The molecule has 78 valence electrons. The number of benzene rings is 1. The highest BCUT2D eigenvalue weighted by atomic mass is 14.9. The highest BCUT2D eigenvalue weighted by Crippen LogP contribution is 2.34. The summed E-state index contributed by atoms with van der Waals surface area (Å²) in [4.78, 5) is 0. The van der Waals surface area contributed by atoms with Crippen LogP contribution in [0.15, 0.2) is 24.3 Å². The van der Waals surface area contributed by atoms with Gasteiger partial charge in [0.05, 0.1) is 0 Å². The van der Waals surface area contributed by atoms with Gasteiger partial charge >= 0.3 is 0 Å². The fourth-order valence-electron chi connectivity index (χ4n) is 2.14. The minimum Gasteiger partial charge on any atom is -0.384 e. The standard InChI is InChI=1S/C12H17N.CH4/c1-9(2)7-10-8-13-12-6-4-3-5-11(10)12;/h3-6,9-10,13H,7-8H2,1-2H3;1H4. The Morgan fingerprint density at radius 1 is 1.36 bits per heavy atom. The highest BCUT2D eigenvalue weighted by molar-refractivity contribution is 5.57. The van der Waals surface area contributed by atoms with Gasteiger partial charge in [-0.05, 0) is 24.0 Å². The molecule has 1 atom stereocenters. The summed E-state index contributed by atoms with van der Waals surface area (Å²) < 4.78 is 0. The molecule has 0 spiro atoms. The van der Waals surface area contributed by atoms with Crippen LogP contribution in [0.3, 0.4) is 0 Å². The van der Waals surface area contributed by atoms with Crippen LogP contribution < -0.4 is 5.32 Å². The molecule has 1 N–H and O–H groups in total. The van der Waals surface area contributed by atoms with E-state index in [9.17, 15) is 0 Å². The maximum absolute atomic E-state index is 3.46. The number of anilines is 1. The second kappa shape index (κ2) is 4.50.